The van der Waals surface area contributed by atoms with Crippen LogP contribution in [0.5, 0.6) is 0 Å². The van der Waals surface area contributed by atoms with Crippen LogP contribution in [0.15, 0.2) is 30.3 Å². The summed E-state index contributed by atoms with van der Waals surface area (Å²) in [5, 5.41) is 13.6. The number of hydrogen-bond donors (Lipinski definition) is 2. The van der Waals surface area contributed by atoms with Gasteiger partial charge in [0.2, 0.25) is 0 Å². The maximum atomic E-state index is 9.99. The van der Waals surface area contributed by atoms with Crippen LogP contribution in [0.4, 0.5) is 0 Å². The smallest absolute Gasteiger partial charge is 0.0682 e. The van der Waals surface area contributed by atoms with E-state index in [0.717, 1.165) is 32.0 Å². The second-order valence-corrected chi connectivity index (χ2v) is 6.90. The predicted molar refractivity (Wildman–Crippen MR) is 88.2 cm³/mol. The fourth-order valence-corrected chi connectivity index (χ4v) is 3.31. The highest BCUT2D eigenvalue weighted by Gasteiger charge is 2.30. The summed E-state index contributed by atoms with van der Waals surface area (Å²) < 4.78 is 0. The van der Waals surface area contributed by atoms with E-state index in [9.17, 15) is 5.11 Å². The second-order valence-electron chi connectivity index (χ2n) is 6.90. The lowest BCUT2D eigenvalue weighted by atomic mass is 10.0. The van der Waals surface area contributed by atoms with Crippen molar-refractivity contribution in [3.05, 3.63) is 35.9 Å². The molecule has 0 spiro atoms. The lowest BCUT2D eigenvalue weighted by Gasteiger charge is -2.26. The molecule has 0 aliphatic carbocycles. The topological polar surface area (TPSA) is 35.5 Å². The molecule has 1 aromatic carbocycles. The number of likely N-dealkylation sites (tertiary alicyclic amines) is 1. The van der Waals surface area contributed by atoms with Gasteiger partial charge in [0.15, 0.2) is 0 Å². The summed E-state index contributed by atoms with van der Waals surface area (Å²) in [6.07, 6.45) is 1.91. The van der Waals surface area contributed by atoms with Crippen LogP contribution in [0.2, 0.25) is 0 Å². The number of nitrogens with zero attached hydrogens (tertiary/aromatic N) is 1. The molecule has 1 heterocycles. The first-order valence-electron chi connectivity index (χ1n) is 8.24. The Labute approximate surface area is 129 Å². The van der Waals surface area contributed by atoms with Gasteiger partial charge in [0, 0.05) is 31.7 Å². The van der Waals surface area contributed by atoms with E-state index in [1.807, 2.05) is 0 Å². The minimum atomic E-state index is -0.180. The summed E-state index contributed by atoms with van der Waals surface area (Å²) in [6, 6.07) is 11.5. The van der Waals surface area contributed by atoms with Gasteiger partial charge in [-0.15, -0.1) is 0 Å². The highest BCUT2D eigenvalue weighted by molar-refractivity contribution is 5.15. The van der Waals surface area contributed by atoms with Gasteiger partial charge in [-0.25, -0.2) is 0 Å². The fraction of sp³-hybridized carbons (Fsp3) is 0.667. The van der Waals surface area contributed by atoms with Crippen LogP contribution in [0.1, 0.15) is 39.2 Å². The number of benzene rings is 1. The Hall–Kier alpha value is -0.900. The van der Waals surface area contributed by atoms with E-state index in [1.165, 1.54) is 12.0 Å². The predicted octanol–water partition coefficient (Wildman–Crippen LogP) is 2.65. The van der Waals surface area contributed by atoms with E-state index >= 15 is 0 Å². The zero-order valence-corrected chi connectivity index (χ0v) is 13.6. The molecule has 3 atom stereocenters. The Morgan fingerprint density at radius 1 is 1.24 bits per heavy atom. The number of hydrogen-bond acceptors (Lipinski definition) is 3. The zero-order valence-electron chi connectivity index (χ0n) is 13.6. The SMILES string of the molecule is CC(C)CC(C)NCC1CC(O)CN1Cc1ccccc1. The third-order valence-corrected chi connectivity index (χ3v) is 4.26. The van der Waals surface area contributed by atoms with Crippen LogP contribution in [-0.2, 0) is 6.54 Å². The number of nitrogens with one attached hydrogen (secondary N) is 1. The van der Waals surface area contributed by atoms with Crippen molar-refractivity contribution >= 4 is 0 Å². The molecule has 1 aliphatic rings. The van der Waals surface area contributed by atoms with Crippen LogP contribution in [0.25, 0.3) is 0 Å². The van der Waals surface area contributed by atoms with E-state index in [4.69, 9.17) is 0 Å². The summed E-state index contributed by atoms with van der Waals surface area (Å²) >= 11 is 0. The highest BCUT2D eigenvalue weighted by atomic mass is 16.3. The molecular formula is C18H30N2O. The molecule has 3 nitrogen and oxygen atoms in total. The molecule has 0 bridgehead atoms. The molecule has 1 aliphatic heterocycles. The fourth-order valence-electron chi connectivity index (χ4n) is 3.31. The third kappa shape index (κ3) is 5.42. The average Bonchev–Trinajstić information content (AvgIpc) is 2.77. The molecule has 0 aromatic heterocycles. The Kier molecular flexibility index (Phi) is 6.22. The normalized spacial score (nSPS) is 24.6. The summed E-state index contributed by atoms with van der Waals surface area (Å²) in [5.74, 6) is 0.724. The lowest BCUT2D eigenvalue weighted by Crippen LogP contribution is -2.41. The molecule has 1 fully saturated rings. The van der Waals surface area contributed by atoms with Crippen molar-refractivity contribution in [1.29, 1.82) is 0 Å². The first kappa shape index (κ1) is 16.5. The van der Waals surface area contributed by atoms with Crippen molar-refractivity contribution in [2.75, 3.05) is 13.1 Å². The quantitative estimate of drug-likeness (QED) is 0.810. The van der Waals surface area contributed by atoms with Gasteiger partial charge in [0.25, 0.3) is 0 Å². The molecule has 0 radical (unpaired) electrons. The maximum Gasteiger partial charge on any atom is 0.0682 e. The van der Waals surface area contributed by atoms with Crippen LogP contribution in [0.3, 0.4) is 0 Å². The Bertz CT molecular complexity index is 407. The molecule has 3 heteroatoms. The highest BCUT2D eigenvalue weighted by Crippen LogP contribution is 2.20. The molecular weight excluding hydrogens is 260 g/mol. The minimum Gasteiger partial charge on any atom is -0.392 e. The molecule has 1 aromatic rings. The Balaban J connectivity index is 1.85. The summed E-state index contributed by atoms with van der Waals surface area (Å²) in [5.41, 5.74) is 1.33. The zero-order chi connectivity index (χ0) is 15.2. The molecule has 118 valence electrons. The van der Waals surface area contributed by atoms with Crippen LogP contribution >= 0.6 is 0 Å². The number of aliphatic hydroxyl groups excluding tert-OH is 1. The van der Waals surface area contributed by atoms with Crippen LogP contribution in [0, 0.1) is 5.92 Å². The van der Waals surface area contributed by atoms with E-state index in [1.54, 1.807) is 0 Å². The van der Waals surface area contributed by atoms with E-state index in [0.29, 0.717) is 12.1 Å². The average molecular weight is 290 g/mol. The van der Waals surface area contributed by atoms with Gasteiger partial charge in [-0.2, -0.15) is 0 Å². The standard InChI is InChI=1S/C18H30N2O/c1-14(2)9-15(3)19-11-17-10-18(21)13-20(17)12-16-7-5-4-6-8-16/h4-8,14-15,17-19,21H,9-13H2,1-3H3. The van der Waals surface area contributed by atoms with Crippen molar-refractivity contribution < 1.29 is 5.11 Å². The van der Waals surface area contributed by atoms with Gasteiger partial charge in [-0.05, 0) is 31.2 Å². The van der Waals surface area contributed by atoms with Crippen molar-refractivity contribution in [3.8, 4) is 0 Å². The van der Waals surface area contributed by atoms with E-state index in [-0.39, 0.29) is 6.10 Å². The van der Waals surface area contributed by atoms with Gasteiger partial charge in [0.05, 0.1) is 6.10 Å². The Morgan fingerprint density at radius 3 is 2.62 bits per heavy atom. The molecule has 0 amide bonds. The Morgan fingerprint density at radius 2 is 1.95 bits per heavy atom. The van der Waals surface area contributed by atoms with Gasteiger partial charge >= 0.3 is 0 Å². The van der Waals surface area contributed by atoms with Gasteiger partial charge in [0.1, 0.15) is 0 Å². The number of β-amino-alcohol motifs (C(OH)–C–C–N with tert-alkyl or cyclic N) is 1. The number of rotatable bonds is 7. The maximum absolute atomic E-state index is 9.99. The monoisotopic (exact) mass is 290 g/mol. The first-order valence-corrected chi connectivity index (χ1v) is 8.24. The summed E-state index contributed by atoms with van der Waals surface area (Å²) in [4.78, 5) is 2.41. The van der Waals surface area contributed by atoms with Crippen LogP contribution < -0.4 is 5.32 Å². The molecule has 0 saturated carbocycles. The molecule has 21 heavy (non-hydrogen) atoms. The van der Waals surface area contributed by atoms with Gasteiger partial charge in [-0.1, -0.05) is 44.2 Å². The van der Waals surface area contributed by atoms with Crippen molar-refractivity contribution in [3.63, 3.8) is 0 Å². The van der Waals surface area contributed by atoms with Crippen molar-refractivity contribution in [1.82, 2.24) is 10.2 Å². The largest absolute Gasteiger partial charge is 0.392 e. The van der Waals surface area contributed by atoms with Gasteiger partial charge < -0.3 is 10.4 Å². The summed E-state index contributed by atoms with van der Waals surface area (Å²) in [6.45, 7) is 9.48. The molecule has 2 rings (SSSR count). The van der Waals surface area contributed by atoms with Crippen molar-refractivity contribution in [2.24, 2.45) is 5.92 Å². The van der Waals surface area contributed by atoms with Gasteiger partial charge in [-0.3, -0.25) is 4.90 Å². The molecule has 3 unspecified atom stereocenters. The second kappa shape index (κ2) is 7.92. The van der Waals surface area contributed by atoms with Crippen LogP contribution in [-0.4, -0.2) is 41.3 Å². The molecule has 1 saturated heterocycles. The number of aliphatic hydroxyl groups is 1. The third-order valence-electron chi connectivity index (χ3n) is 4.26. The van der Waals surface area contributed by atoms with E-state index in [2.05, 4.69) is 61.3 Å². The van der Waals surface area contributed by atoms with Crippen molar-refractivity contribution in [2.45, 2.75) is 58.3 Å². The minimum absolute atomic E-state index is 0.180. The van der Waals surface area contributed by atoms with E-state index < -0.39 is 0 Å². The lowest BCUT2D eigenvalue weighted by molar-refractivity contribution is 0.172. The molecule has 2 N–H and O–H groups in total. The summed E-state index contributed by atoms with van der Waals surface area (Å²) in [7, 11) is 0. The first-order chi connectivity index (χ1) is 10.0.